The van der Waals surface area contributed by atoms with Crippen LogP contribution in [0.5, 0.6) is 0 Å². The number of hydrogen-bond acceptors (Lipinski definition) is 10. The van der Waals surface area contributed by atoms with Crippen LogP contribution in [0.3, 0.4) is 0 Å². The summed E-state index contributed by atoms with van der Waals surface area (Å²) in [5, 5.41) is 18.5. The van der Waals surface area contributed by atoms with Crippen molar-refractivity contribution in [2.75, 3.05) is 19.0 Å². The molecular formula is C67H85N5O10. The van der Waals surface area contributed by atoms with Crippen LogP contribution in [0.15, 0.2) is 109 Å². The number of amides is 4. The van der Waals surface area contributed by atoms with Crippen molar-refractivity contribution >= 4 is 52.8 Å². The smallest absolute Gasteiger partial charge is 0.331 e. The number of rotatable bonds is 27. The Morgan fingerprint density at radius 2 is 1.34 bits per heavy atom. The molecule has 4 aromatic rings. The van der Waals surface area contributed by atoms with Gasteiger partial charge in [0, 0.05) is 60.8 Å². The first kappa shape index (κ1) is 65.1. The number of esters is 1. The Labute approximate surface area is 485 Å². The standard InChI is InChI=1S/C67H85N5O10/c1-42(2)54(39-53(73)26-17-19-28-58(75)72-40-51-24-15-14-22-49(51)33-34-50-23-16-18-27-55(50)72)62(77)69-45(6)57(74)37-46-29-31-47(32-30-46)41-82-59(76)38-48-21-20-25-52(36-48)67(10,11)60(68-12)63(78)70-61(66(7,8)9)64(79)71(13)56(43(3)4)35-44(5)65(80)81/h14-16,18,20-25,27,29-32,35-36,42-43,45,54,56,60-61,68H,17,19,26,28,37-41H2,1-13H3,(H,69,77)(H,70,78)(H,80,81)/b44-35+/t45-,54-,56+,60?,61+/m0/s1. The summed E-state index contributed by atoms with van der Waals surface area (Å²) in [7, 11) is 3.29. The summed E-state index contributed by atoms with van der Waals surface area (Å²) < 4.78 is 5.66. The lowest BCUT2D eigenvalue weighted by Crippen LogP contribution is -2.61. The molecule has 0 spiro atoms. The molecule has 0 saturated heterocycles. The number of carbonyl (C=O) groups excluding carboxylic acids is 7. The molecule has 1 heterocycles. The van der Waals surface area contributed by atoms with Crippen molar-refractivity contribution in [3.8, 4) is 11.8 Å². The molecular weight excluding hydrogens is 1030 g/mol. The van der Waals surface area contributed by atoms with E-state index in [0.29, 0.717) is 36.1 Å². The molecule has 4 amide bonds. The van der Waals surface area contributed by atoms with Crippen LogP contribution >= 0.6 is 0 Å². The largest absolute Gasteiger partial charge is 0.478 e. The Morgan fingerprint density at radius 1 is 0.720 bits per heavy atom. The number of carbonyl (C=O) groups is 8. The molecule has 0 aliphatic carbocycles. The highest BCUT2D eigenvalue weighted by Gasteiger charge is 2.42. The van der Waals surface area contributed by atoms with Crippen molar-refractivity contribution in [2.45, 2.75) is 164 Å². The first-order chi connectivity index (χ1) is 38.6. The van der Waals surface area contributed by atoms with Crippen LogP contribution in [0, 0.1) is 35.0 Å². The fourth-order valence-electron chi connectivity index (χ4n) is 10.2. The number of hydrogen-bond donors (Lipinski definition) is 4. The number of carboxylic acid groups (broad SMARTS) is 1. The lowest BCUT2D eigenvalue weighted by Gasteiger charge is -2.40. The third-order valence-electron chi connectivity index (χ3n) is 15.4. The molecule has 4 N–H and O–H groups in total. The molecule has 0 radical (unpaired) electrons. The van der Waals surface area contributed by atoms with Gasteiger partial charge in [0.25, 0.3) is 0 Å². The first-order valence-electron chi connectivity index (χ1n) is 28.5. The minimum atomic E-state index is -1.07. The number of anilines is 1. The van der Waals surface area contributed by atoms with Crippen molar-refractivity contribution in [1.29, 1.82) is 0 Å². The van der Waals surface area contributed by atoms with Gasteiger partial charge in [-0.2, -0.15) is 0 Å². The van der Waals surface area contributed by atoms with Crippen molar-refractivity contribution in [1.82, 2.24) is 20.9 Å². The number of nitrogens with zero attached hydrogens (tertiary/aromatic N) is 2. The van der Waals surface area contributed by atoms with Gasteiger partial charge in [0.05, 0.1) is 36.8 Å². The molecule has 15 heteroatoms. The molecule has 0 fully saturated rings. The second-order valence-electron chi connectivity index (χ2n) is 24.0. The highest BCUT2D eigenvalue weighted by molar-refractivity contribution is 5.96. The molecule has 82 heavy (non-hydrogen) atoms. The summed E-state index contributed by atoms with van der Waals surface area (Å²) >= 11 is 0. The summed E-state index contributed by atoms with van der Waals surface area (Å²) in [5.74, 6) is 2.58. The first-order valence-corrected chi connectivity index (χ1v) is 28.5. The SMILES string of the molecule is CNC(C(=O)N[C@H](C(=O)N(C)[C@H](/C=C(\C)C(=O)O)C(C)C)C(C)(C)C)C(C)(C)c1cccc(CC(=O)OCc2ccc(CC(=O)[C@H](C)NC(=O)[C@@H](CC(=O)CCCCC(=O)N3Cc4ccccc4C#Cc4ccccc43)C(C)C)cc2)c1. The van der Waals surface area contributed by atoms with Crippen LogP contribution in [0.4, 0.5) is 5.69 Å². The van der Waals surface area contributed by atoms with Gasteiger partial charge < -0.3 is 35.6 Å². The zero-order valence-electron chi connectivity index (χ0n) is 50.2. The van der Waals surface area contributed by atoms with Gasteiger partial charge in [-0.1, -0.05) is 159 Å². The Kier molecular flexibility index (Phi) is 23.3. The van der Waals surface area contributed by atoms with E-state index in [4.69, 9.17) is 4.74 Å². The van der Waals surface area contributed by atoms with Gasteiger partial charge in [-0.05, 0) is 97.0 Å². The van der Waals surface area contributed by atoms with Crippen LogP contribution in [-0.2, 0) is 74.5 Å². The molecule has 1 unspecified atom stereocenters. The predicted molar refractivity (Wildman–Crippen MR) is 319 cm³/mol. The second kappa shape index (κ2) is 29.3. The van der Waals surface area contributed by atoms with Gasteiger partial charge in [0.1, 0.15) is 18.4 Å². The minimum Gasteiger partial charge on any atom is -0.478 e. The number of para-hydroxylation sites is 1. The number of carboxylic acids is 1. The molecule has 1 aliphatic rings. The molecule has 1 aliphatic heterocycles. The third kappa shape index (κ3) is 17.9. The number of aliphatic carboxylic acids is 1. The highest BCUT2D eigenvalue weighted by atomic mass is 16.5. The molecule has 438 valence electrons. The molecule has 0 aromatic heterocycles. The molecule has 4 aromatic carbocycles. The second-order valence-corrected chi connectivity index (χ2v) is 24.0. The van der Waals surface area contributed by atoms with Gasteiger partial charge in [-0.15, -0.1) is 0 Å². The van der Waals surface area contributed by atoms with E-state index >= 15 is 0 Å². The van der Waals surface area contributed by atoms with E-state index in [0.717, 1.165) is 27.9 Å². The summed E-state index contributed by atoms with van der Waals surface area (Å²) in [4.78, 5) is 110. The number of ketones is 2. The molecule has 5 atom stereocenters. The number of Topliss-reactive ketones (excluding diaryl/α,β-unsaturated/α-hetero) is 2. The van der Waals surface area contributed by atoms with Crippen molar-refractivity contribution in [3.05, 3.63) is 148 Å². The maximum Gasteiger partial charge on any atom is 0.331 e. The van der Waals surface area contributed by atoms with E-state index in [2.05, 4.69) is 27.8 Å². The average Bonchev–Trinajstić information content (AvgIpc) is 3.49. The fraction of sp³-hybridized carbons (Fsp3) is 0.463. The third-order valence-corrected chi connectivity index (χ3v) is 15.4. The lowest BCUT2D eigenvalue weighted by atomic mass is 9.76. The topological polar surface area (TPSA) is 209 Å². The van der Waals surface area contributed by atoms with E-state index in [1.165, 1.54) is 11.8 Å². The predicted octanol–water partition coefficient (Wildman–Crippen LogP) is 9.24. The zero-order chi connectivity index (χ0) is 60.6. The maximum atomic E-state index is 14.2. The zero-order valence-corrected chi connectivity index (χ0v) is 50.2. The van der Waals surface area contributed by atoms with Crippen LogP contribution in [0.1, 0.15) is 147 Å². The van der Waals surface area contributed by atoms with Crippen molar-refractivity contribution < 1.29 is 48.2 Å². The van der Waals surface area contributed by atoms with Crippen LogP contribution in [0.25, 0.3) is 0 Å². The fourth-order valence-corrected chi connectivity index (χ4v) is 10.2. The van der Waals surface area contributed by atoms with E-state index in [-0.39, 0.29) is 85.4 Å². The number of likely N-dealkylation sites (N-methyl/N-ethyl adjacent to an activating group) is 2. The number of fused-ring (bicyclic) bond motifs is 2. The van der Waals surface area contributed by atoms with E-state index in [1.54, 1.807) is 56.3 Å². The Morgan fingerprint density at radius 3 is 1.98 bits per heavy atom. The average molecular weight is 1120 g/mol. The van der Waals surface area contributed by atoms with Gasteiger partial charge in [0.2, 0.25) is 23.6 Å². The summed E-state index contributed by atoms with van der Waals surface area (Å²) in [6.45, 7) is 20.5. The van der Waals surface area contributed by atoms with Crippen LogP contribution in [0.2, 0.25) is 0 Å². The lowest BCUT2D eigenvalue weighted by molar-refractivity contribution is -0.144. The molecule has 15 nitrogen and oxygen atoms in total. The Hall–Kier alpha value is -7.70. The van der Waals surface area contributed by atoms with E-state index < -0.39 is 58.8 Å². The van der Waals surface area contributed by atoms with Crippen molar-refractivity contribution in [3.63, 3.8) is 0 Å². The van der Waals surface area contributed by atoms with Crippen molar-refractivity contribution in [2.24, 2.45) is 23.2 Å². The Bertz CT molecular complexity index is 3050. The Balaban J connectivity index is 1.08. The van der Waals surface area contributed by atoms with Gasteiger partial charge >= 0.3 is 11.9 Å². The van der Waals surface area contributed by atoms with Gasteiger partial charge in [-0.25, -0.2) is 4.79 Å². The van der Waals surface area contributed by atoms with Gasteiger partial charge in [0.15, 0.2) is 5.78 Å². The monoisotopic (exact) mass is 1120 g/mol. The summed E-state index contributed by atoms with van der Waals surface area (Å²) in [5.41, 5.74) is 4.86. The quantitative estimate of drug-likeness (QED) is 0.0192. The van der Waals surface area contributed by atoms with E-state index in [9.17, 15) is 43.5 Å². The number of benzene rings is 4. The minimum absolute atomic E-state index is 0.00452. The summed E-state index contributed by atoms with van der Waals surface area (Å²) in [6.07, 6.45) is 3.11. The highest BCUT2D eigenvalue weighted by Crippen LogP contribution is 2.31. The van der Waals surface area contributed by atoms with Crippen LogP contribution < -0.4 is 20.9 Å². The summed E-state index contributed by atoms with van der Waals surface area (Å²) in [6, 6.07) is 26.8. The van der Waals surface area contributed by atoms with Gasteiger partial charge in [-0.3, -0.25) is 33.6 Å². The maximum absolute atomic E-state index is 14.2. The number of nitrogens with one attached hydrogen (secondary N) is 3. The molecule has 5 rings (SSSR count). The molecule has 0 bridgehead atoms. The normalized spacial score (nSPS) is 14.3. The molecule has 0 saturated carbocycles. The van der Waals surface area contributed by atoms with E-state index in [1.807, 2.05) is 135 Å². The number of ether oxygens (including phenoxy) is 1. The number of unbranched alkanes of at least 4 members (excludes halogenated alkanes) is 1. The van der Waals surface area contributed by atoms with Crippen LogP contribution in [-0.4, -0.2) is 95.4 Å².